The van der Waals surface area contributed by atoms with Gasteiger partial charge in [0.15, 0.2) is 0 Å². The van der Waals surface area contributed by atoms with Crippen LogP contribution in [0.25, 0.3) is 0 Å². The molecule has 0 amide bonds. The summed E-state index contributed by atoms with van der Waals surface area (Å²) < 4.78 is 23.8. The SMILES string of the molecule is CS(=O)(=O)N1CC2CC2(CN)C1. The fourth-order valence-corrected chi connectivity index (χ4v) is 3.05. The van der Waals surface area contributed by atoms with Gasteiger partial charge in [0.25, 0.3) is 0 Å². The fraction of sp³-hybridized carbons (Fsp3) is 1.00. The predicted octanol–water partition coefficient (Wildman–Crippen LogP) is -0.773. The van der Waals surface area contributed by atoms with Gasteiger partial charge in [0.1, 0.15) is 0 Å². The second-order valence-electron chi connectivity index (χ2n) is 4.02. The molecule has 0 aromatic heterocycles. The molecule has 2 rings (SSSR count). The molecule has 0 spiro atoms. The molecule has 1 saturated carbocycles. The zero-order chi connectivity index (χ0) is 8.98. The van der Waals surface area contributed by atoms with Crippen LogP contribution in [0.4, 0.5) is 0 Å². The van der Waals surface area contributed by atoms with Crippen LogP contribution in [0.2, 0.25) is 0 Å². The Hall–Kier alpha value is -0.130. The highest BCUT2D eigenvalue weighted by Crippen LogP contribution is 2.57. The average molecular weight is 190 g/mol. The Bertz CT molecular complexity index is 297. The maximum absolute atomic E-state index is 11.1. The topological polar surface area (TPSA) is 63.4 Å². The monoisotopic (exact) mass is 190 g/mol. The summed E-state index contributed by atoms with van der Waals surface area (Å²) in [6.45, 7) is 1.97. The van der Waals surface area contributed by atoms with E-state index in [1.165, 1.54) is 6.26 Å². The zero-order valence-corrected chi connectivity index (χ0v) is 7.97. The lowest BCUT2D eigenvalue weighted by molar-refractivity contribution is 0.407. The highest BCUT2D eigenvalue weighted by Gasteiger charge is 2.60. The van der Waals surface area contributed by atoms with E-state index in [0.29, 0.717) is 25.6 Å². The van der Waals surface area contributed by atoms with Crippen LogP contribution in [0.5, 0.6) is 0 Å². The molecule has 5 heteroatoms. The van der Waals surface area contributed by atoms with Crippen LogP contribution in [0, 0.1) is 11.3 Å². The predicted molar refractivity (Wildman–Crippen MR) is 46.0 cm³/mol. The van der Waals surface area contributed by atoms with Crippen molar-refractivity contribution in [2.45, 2.75) is 6.42 Å². The van der Waals surface area contributed by atoms with Gasteiger partial charge in [0, 0.05) is 18.5 Å². The molecule has 2 atom stereocenters. The number of rotatable bonds is 2. The number of hydrogen-bond donors (Lipinski definition) is 1. The maximum atomic E-state index is 11.1. The summed E-state index contributed by atoms with van der Waals surface area (Å²) in [5, 5.41) is 0. The molecule has 70 valence electrons. The lowest BCUT2D eigenvalue weighted by atomic mass is 10.1. The molecule has 0 radical (unpaired) electrons. The molecule has 0 bridgehead atoms. The Kier molecular flexibility index (Phi) is 1.56. The van der Waals surface area contributed by atoms with Crippen LogP contribution in [0.15, 0.2) is 0 Å². The number of hydrogen-bond acceptors (Lipinski definition) is 3. The normalized spacial score (nSPS) is 41.3. The van der Waals surface area contributed by atoms with Crippen LogP contribution in [-0.4, -0.2) is 38.6 Å². The van der Waals surface area contributed by atoms with Gasteiger partial charge < -0.3 is 5.73 Å². The van der Waals surface area contributed by atoms with Crippen molar-refractivity contribution in [1.29, 1.82) is 0 Å². The average Bonchev–Trinajstić information content (AvgIpc) is 2.53. The quantitative estimate of drug-likeness (QED) is 0.621. The largest absolute Gasteiger partial charge is 0.330 e. The molecule has 0 aromatic carbocycles. The van der Waals surface area contributed by atoms with Gasteiger partial charge in [0.05, 0.1) is 6.26 Å². The molecular formula is C7H14N2O2S. The van der Waals surface area contributed by atoms with Gasteiger partial charge in [-0.15, -0.1) is 0 Å². The molecule has 1 saturated heterocycles. The Labute approximate surface area is 72.8 Å². The molecule has 1 heterocycles. The Morgan fingerprint density at radius 3 is 2.67 bits per heavy atom. The molecule has 2 fully saturated rings. The highest BCUT2D eigenvalue weighted by molar-refractivity contribution is 7.88. The van der Waals surface area contributed by atoms with Crippen molar-refractivity contribution < 1.29 is 8.42 Å². The van der Waals surface area contributed by atoms with Gasteiger partial charge in [-0.25, -0.2) is 12.7 Å². The van der Waals surface area contributed by atoms with Gasteiger partial charge in [-0.05, 0) is 18.9 Å². The number of fused-ring (bicyclic) bond motifs is 1. The first-order chi connectivity index (χ1) is 5.48. The van der Waals surface area contributed by atoms with Crippen LogP contribution >= 0.6 is 0 Å². The van der Waals surface area contributed by atoms with E-state index in [0.717, 1.165) is 6.42 Å². The third kappa shape index (κ3) is 1.08. The molecule has 4 nitrogen and oxygen atoms in total. The summed E-state index contributed by atoms with van der Waals surface area (Å²) in [6, 6.07) is 0. The van der Waals surface area contributed by atoms with E-state index in [2.05, 4.69) is 0 Å². The van der Waals surface area contributed by atoms with Crippen molar-refractivity contribution in [3.8, 4) is 0 Å². The van der Waals surface area contributed by atoms with Crippen molar-refractivity contribution in [3.63, 3.8) is 0 Å². The molecule has 1 aliphatic carbocycles. The lowest BCUT2D eigenvalue weighted by Crippen LogP contribution is -2.32. The van der Waals surface area contributed by atoms with Crippen molar-refractivity contribution in [3.05, 3.63) is 0 Å². The van der Waals surface area contributed by atoms with E-state index >= 15 is 0 Å². The zero-order valence-electron chi connectivity index (χ0n) is 7.16. The van der Waals surface area contributed by atoms with Gasteiger partial charge in [-0.1, -0.05) is 0 Å². The van der Waals surface area contributed by atoms with Crippen LogP contribution in [0.3, 0.4) is 0 Å². The number of piperidine rings is 1. The first kappa shape index (κ1) is 8.47. The highest BCUT2D eigenvalue weighted by atomic mass is 32.2. The van der Waals surface area contributed by atoms with E-state index in [4.69, 9.17) is 5.73 Å². The van der Waals surface area contributed by atoms with Crippen molar-refractivity contribution in [2.24, 2.45) is 17.1 Å². The molecule has 2 N–H and O–H groups in total. The van der Waals surface area contributed by atoms with E-state index in [-0.39, 0.29) is 5.41 Å². The van der Waals surface area contributed by atoms with Crippen molar-refractivity contribution in [2.75, 3.05) is 25.9 Å². The number of sulfonamides is 1. The van der Waals surface area contributed by atoms with Crippen molar-refractivity contribution >= 4 is 10.0 Å². The second kappa shape index (κ2) is 2.21. The smallest absolute Gasteiger partial charge is 0.211 e. The first-order valence-electron chi connectivity index (χ1n) is 4.13. The Morgan fingerprint density at radius 2 is 2.33 bits per heavy atom. The fourth-order valence-electron chi connectivity index (χ4n) is 2.11. The summed E-state index contributed by atoms with van der Waals surface area (Å²) in [6.07, 6.45) is 2.39. The van der Waals surface area contributed by atoms with Gasteiger partial charge in [0.2, 0.25) is 10.0 Å². The minimum Gasteiger partial charge on any atom is -0.330 e. The van der Waals surface area contributed by atoms with E-state index in [1.807, 2.05) is 0 Å². The Morgan fingerprint density at radius 1 is 1.67 bits per heavy atom. The minimum absolute atomic E-state index is 0.156. The van der Waals surface area contributed by atoms with E-state index in [1.54, 1.807) is 4.31 Å². The minimum atomic E-state index is -2.98. The Balaban J connectivity index is 2.11. The molecular weight excluding hydrogens is 176 g/mol. The molecule has 0 aromatic rings. The molecule has 2 unspecified atom stereocenters. The molecule has 2 aliphatic rings. The molecule has 1 aliphatic heterocycles. The first-order valence-corrected chi connectivity index (χ1v) is 5.98. The molecule has 12 heavy (non-hydrogen) atoms. The van der Waals surface area contributed by atoms with Crippen LogP contribution < -0.4 is 5.73 Å². The summed E-state index contributed by atoms with van der Waals surface area (Å²) in [5.74, 6) is 0.539. The summed E-state index contributed by atoms with van der Waals surface area (Å²) in [5.41, 5.74) is 5.75. The van der Waals surface area contributed by atoms with Crippen LogP contribution in [-0.2, 0) is 10.0 Å². The van der Waals surface area contributed by atoms with Crippen LogP contribution in [0.1, 0.15) is 6.42 Å². The summed E-state index contributed by atoms with van der Waals surface area (Å²) >= 11 is 0. The standard InChI is InChI=1S/C7H14N2O2S/c1-12(10,11)9-3-6-2-7(6,4-8)5-9/h6H,2-5,8H2,1H3. The maximum Gasteiger partial charge on any atom is 0.211 e. The number of nitrogens with two attached hydrogens (primary N) is 1. The third-order valence-corrected chi connectivity index (χ3v) is 4.37. The third-order valence-electron chi connectivity index (χ3n) is 3.15. The van der Waals surface area contributed by atoms with E-state index in [9.17, 15) is 8.42 Å². The van der Waals surface area contributed by atoms with Gasteiger partial charge in [-0.3, -0.25) is 0 Å². The van der Waals surface area contributed by atoms with E-state index < -0.39 is 10.0 Å². The van der Waals surface area contributed by atoms with Crippen molar-refractivity contribution in [1.82, 2.24) is 4.31 Å². The second-order valence-corrected chi connectivity index (χ2v) is 6.01. The van der Waals surface area contributed by atoms with Gasteiger partial charge in [-0.2, -0.15) is 0 Å². The van der Waals surface area contributed by atoms with Gasteiger partial charge >= 0.3 is 0 Å². The number of nitrogens with zero attached hydrogens (tertiary/aromatic N) is 1. The summed E-state index contributed by atoms with van der Waals surface area (Å²) in [7, 11) is -2.98. The summed E-state index contributed by atoms with van der Waals surface area (Å²) in [4.78, 5) is 0. The lowest BCUT2D eigenvalue weighted by Gasteiger charge is -2.16.